The molecular formula is C31H43F3O8. The minimum Gasteiger partial charge on any atom is -0.490 e. The molecule has 0 amide bonds. The second-order valence-electron chi connectivity index (χ2n) is 10.5. The zero-order valence-corrected chi connectivity index (χ0v) is 24.1. The van der Waals surface area contributed by atoms with Crippen LogP contribution in [-0.2, 0) is 19.1 Å². The molecular weight excluding hydrogens is 557 g/mol. The Hall–Kier alpha value is -3.05. The summed E-state index contributed by atoms with van der Waals surface area (Å²) in [7, 11) is 0. The predicted octanol–water partition coefficient (Wildman–Crippen LogP) is 5.80. The van der Waals surface area contributed by atoms with Crippen molar-refractivity contribution in [2.45, 2.75) is 76.3 Å². The number of benzene rings is 1. The number of ether oxygens (including phenoxy) is 4. The van der Waals surface area contributed by atoms with Gasteiger partial charge in [0.25, 0.3) is 0 Å². The molecule has 1 aliphatic rings. The second-order valence-corrected chi connectivity index (χ2v) is 10.5. The average Bonchev–Trinajstić information content (AvgIpc) is 2.97. The van der Waals surface area contributed by atoms with E-state index in [4.69, 9.17) is 29.2 Å². The fourth-order valence-corrected chi connectivity index (χ4v) is 4.81. The van der Waals surface area contributed by atoms with Gasteiger partial charge in [0, 0.05) is 12.5 Å². The lowest BCUT2D eigenvalue weighted by Gasteiger charge is -2.29. The zero-order valence-electron chi connectivity index (χ0n) is 24.1. The first-order valence-corrected chi connectivity index (χ1v) is 14.4. The van der Waals surface area contributed by atoms with Crippen molar-refractivity contribution in [1.82, 2.24) is 0 Å². The fraction of sp³-hybridized carbons (Fsp3) is 0.613. The summed E-state index contributed by atoms with van der Waals surface area (Å²) in [6.45, 7) is 5.93. The molecule has 0 radical (unpaired) electrons. The Morgan fingerprint density at radius 1 is 0.762 bits per heavy atom. The molecule has 1 fully saturated rings. The summed E-state index contributed by atoms with van der Waals surface area (Å²) in [5.74, 6) is 0.476. The number of carbonyl (C=O) groups excluding carboxylic acids is 2. The highest BCUT2D eigenvalue weighted by atomic mass is 19.4. The van der Waals surface area contributed by atoms with Gasteiger partial charge in [-0.15, -0.1) is 0 Å². The van der Waals surface area contributed by atoms with Gasteiger partial charge in [0.2, 0.25) is 0 Å². The van der Waals surface area contributed by atoms with Gasteiger partial charge in [-0.05, 0) is 61.6 Å². The highest BCUT2D eigenvalue weighted by Crippen LogP contribution is 2.40. The van der Waals surface area contributed by atoms with Gasteiger partial charge in [-0.25, -0.2) is 9.59 Å². The van der Waals surface area contributed by atoms with Gasteiger partial charge < -0.3 is 29.2 Å². The molecule has 0 aliphatic heterocycles. The summed E-state index contributed by atoms with van der Waals surface area (Å²) in [6.07, 6.45) is 2.80. The number of hydrogen-bond acceptors (Lipinski definition) is 8. The van der Waals surface area contributed by atoms with Crippen LogP contribution in [0.1, 0.15) is 75.7 Å². The molecule has 0 aromatic heterocycles. The van der Waals surface area contributed by atoms with Crippen LogP contribution in [0.3, 0.4) is 0 Å². The van der Waals surface area contributed by atoms with Crippen LogP contribution in [0.15, 0.2) is 42.5 Å². The summed E-state index contributed by atoms with van der Waals surface area (Å²) in [4.78, 5) is 23.4. The molecule has 1 aliphatic carbocycles. The first kappa shape index (κ1) is 35.1. The highest BCUT2D eigenvalue weighted by molar-refractivity contribution is 5.88. The lowest BCUT2D eigenvalue weighted by Crippen LogP contribution is -2.16. The van der Waals surface area contributed by atoms with E-state index < -0.39 is 37.7 Å². The fourth-order valence-electron chi connectivity index (χ4n) is 4.81. The maximum Gasteiger partial charge on any atom is 0.389 e. The van der Waals surface area contributed by atoms with E-state index in [1.165, 1.54) is 0 Å². The largest absolute Gasteiger partial charge is 0.490 e. The normalized spacial score (nSPS) is 16.9. The number of carbonyl (C=O) groups is 2. The molecule has 1 aromatic rings. The van der Waals surface area contributed by atoms with Gasteiger partial charge in [-0.3, -0.25) is 0 Å². The Kier molecular flexibility index (Phi) is 15.5. The molecule has 2 rings (SSSR count). The molecule has 8 nitrogen and oxygen atoms in total. The van der Waals surface area contributed by atoms with E-state index in [1.807, 2.05) is 12.1 Å². The zero-order chi connectivity index (χ0) is 31.0. The standard InChI is InChI=1S/C31H43F3O8/c1-22(20-35)29(37)41-15-13-39-27-17-26(18-28(19-27)40-14-16-42-30(38)23(2)21-36)25-10-8-24(9-11-25)7-5-3-4-6-12-31(32,33)34/h17-19,24-25,35-36H,1-16,20-21H2. The lowest BCUT2D eigenvalue weighted by molar-refractivity contribution is -0.141. The van der Waals surface area contributed by atoms with Crippen molar-refractivity contribution in [2.75, 3.05) is 39.6 Å². The molecule has 2 N–H and O–H groups in total. The molecule has 236 valence electrons. The Morgan fingerprint density at radius 2 is 1.26 bits per heavy atom. The molecule has 42 heavy (non-hydrogen) atoms. The minimum absolute atomic E-state index is 0.0374. The van der Waals surface area contributed by atoms with Crippen LogP contribution >= 0.6 is 0 Å². The number of aliphatic hydroxyl groups excluding tert-OH is 2. The van der Waals surface area contributed by atoms with E-state index in [0.717, 1.165) is 50.5 Å². The molecule has 1 aromatic carbocycles. The van der Waals surface area contributed by atoms with E-state index in [1.54, 1.807) is 6.07 Å². The number of aliphatic hydroxyl groups is 2. The van der Waals surface area contributed by atoms with Gasteiger partial charge in [-0.1, -0.05) is 38.8 Å². The molecule has 0 saturated heterocycles. The number of rotatable bonds is 19. The highest BCUT2D eigenvalue weighted by Gasteiger charge is 2.26. The van der Waals surface area contributed by atoms with Gasteiger partial charge in [0.05, 0.1) is 24.4 Å². The van der Waals surface area contributed by atoms with Crippen LogP contribution in [0, 0.1) is 5.92 Å². The lowest BCUT2D eigenvalue weighted by atomic mass is 9.77. The van der Waals surface area contributed by atoms with Crippen LogP contribution in [0.4, 0.5) is 13.2 Å². The van der Waals surface area contributed by atoms with Gasteiger partial charge >= 0.3 is 18.1 Å². The third-order valence-electron chi connectivity index (χ3n) is 7.17. The second kappa shape index (κ2) is 18.5. The van der Waals surface area contributed by atoms with Crippen molar-refractivity contribution in [3.8, 4) is 11.5 Å². The van der Waals surface area contributed by atoms with Gasteiger partial charge in [-0.2, -0.15) is 13.2 Å². The van der Waals surface area contributed by atoms with Crippen LogP contribution in [0.25, 0.3) is 0 Å². The maximum absolute atomic E-state index is 12.3. The third-order valence-corrected chi connectivity index (χ3v) is 7.17. The number of halogens is 3. The number of hydrogen-bond donors (Lipinski definition) is 2. The molecule has 0 unspecified atom stereocenters. The summed E-state index contributed by atoms with van der Waals surface area (Å²) >= 11 is 0. The van der Waals surface area contributed by atoms with Crippen molar-refractivity contribution in [3.63, 3.8) is 0 Å². The van der Waals surface area contributed by atoms with E-state index in [0.29, 0.717) is 23.8 Å². The average molecular weight is 601 g/mol. The van der Waals surface area contributed by atoms with Crippen LogP contribution in [0.2, 0.25) is 0 Å². The molecule has 0 bridgehead atoms. The predicted molar refractivity (Wildman–Crippen MR) is 150 cm³/mol. The van der Waals surface area contributed by atoms with Crippen molar-refractivity contribution >= 4 is 11.9 Å². The maximum atomic E-state index is 12.3. The first-order valence-electron chi connectivity index (χ1n) is 14.4. The number of unbranched alkanes of at least 4 members (excludes halogenated alkanes) is 3. The quantitative estimate of drug-likeness (QED) is 0.116. The first-order chi connectivity index (χ1) is 20.0. The van der Waals surface area contributed by atoms with Gasteiger partial charge in [0.15, 0.2) is 0 Å². The number of esters is 2. The Morgan fingerprint density at radius 3 is 1.74 bits per heavy atom. The Bertz CT molecular complexity index is 962. The third kappa shape index (κ3) is 13.7. The summed E-state index contributed by atoms with van der Waals surface area (Å²) < 4.78 is 58.6. The monoisotopic (exact) mass is 600 g/mol. The summed E-state index contributed by atoms with van der Waals surface area (Å²) in [5, 5.41) is 18.0. The Labute approximate surface area is 245 Å². The van der Waals surface area contributed by atoms with E-state index in [-0.39, 0.29) is 49.9 Å². The number of alkyl halides is 3. The topological polar surface area (TPSA) is 112 Å². The van der Waals surface area contributed by atoms with Crippen LogP contribution in [-0.4, -0.2) is 68.0 Å². The minimum atomic E-state index is -4.07. The van der Waals surface area contributed by atoms with E-state index >= 15 is 0 Å². The summed E-state index contributed by atoms with van der Waals surface area (Å²) in [6, 6.07) is 5.55. The van der Waals surface area contributed by atoms with Crippen molar-refractivity contribution in [1.29, 1.82) is 0 Å². The van der Waals surface area contributed by atoms with Crippen molar-refractivity contribution in [2.24, 2.45) is 5.92 Å². The van der Waals surface area contributed by atoms with Crippen LogP contribution in [0.5, 0.6) is 11.5 Å². The van der Waals surface area contributed by atoms with Crippen molar-refractivity contribution in [3.05, 3.63) is 48.1 Å². The molecule has 0 spiro atoms. The smallest absolute Gasteiger partial charge is 0.389 e. The SMILES string of the molecule is C=C(CO)C(=O)OCCOc1cc(OCCOC(=O)C(=C)CO)cc(C2CCC(CCCCCCC(F)(F)F)CC2)c1. The van der Waals surface area contributed by atoms with E-state index in [2.05, 4.69) is 13.2 Å². The Balaban J connectivity index is 1.91. The summed E-state index contributed by atoms with van der Waals surface area (Å²) in [5.41, 5.74) is 0.936. The van der Waals surface area contributed by atoms with Gasteiger partial charge in [0.1, 0.15) is 37.9 Å². The van der Waals surface area contributed by atoms with Crippen molar-refractivity contribution < 1.29 is 51.9 Å². The molecule has 0 heterocycles. The van der Waals surface area contributed by atoms with Crippen LogP contribution < -0.4 is 9.47 Å². The van der Waals surface area contributed by atoms with E-state index in [9.17, 15) is 22.8 Å². The molecule has 0 atom stereocenters. The molecule has 1 saturated carbocycles. The molecule has 11 heteroatoms.